The highest BCUT2D eigenvalue weighted by molar-refractivity contribution is 7.89. The Hall–Kier alpha value is -2.48. The van der Waals surface area contributed by atoms with Crippen molar-refractivity contribution >= 4 is 22.0 Å². The molecule has 0 amide bonds. The van der Waals surface area contributed by atoms with Crippen LogP contribution in [0.15, 0.2) is 58.4 Å². The summed E-state index contributed by atoms with van der Waals surface area (Å²) in [7, 11) is -3.68. The third kappa shape index (κ3) is 3.16. The smallest absolute Gasteiger partial charge is 0.387 e. The van der Waals surface area contributed by atoms with Crippen molar-refractivity contribution in [3.63, 3.8) is 0 Å². The van der Waals surface area contributed by atoms with Crippen LogP contribution in [0.3, 0.4) is 0 Å². The van der Waals surface area contributed by atoms with E-state index < -0.39 is 16.6 Å². The standard InChI is InChI=1S/C15H12F2N2O3S/c16-15(17)22-12-7-5-11(6-8-12)9-19-10-18-13-3-1-2-4-14(13)23(19,20)21/h1-8,10,15H,9H2. The highest BCUT2D eigenvalue weighted by atomic mass is 32.2. The van der Waals surface area contributed by atoms with Crippen molar-refractivity contribution in [1.82, 2.24) is 4.31 Å². The Morgan fingerprint density at radius 2 is 1.78 bits per heavy atom. The molecule has 1 aliphatic heterocycles. The van der Waals surface area contributed by atoms with Crippen LogP contribution < -0.4 is 4.74 Å². The van der Waals surface area contributed by atoms with Gasteiger partial charge in [0.25, 0.3) is 10.0 Å². The molecule has 0 unspecified atom stereocenters. The minimum absolute atomic E-state index is 0.0178. The number of ether oxygens (including phenoxy) is 1. The van der Waals surface area contributed by atoms with Crippen molar-refractivity contribution in [2.45, 2.75) is 18.1 Å². The highest BCUT2D eigenvalue weighted by Gasteiger charge is 2.28. The van der Waals surface area contributed by atoms with Gasteiger partial charge in [0.05, 0.1) is 12.2 Å². The van der Waals surface area contributed by atoms with Crippen LogP contribution in [0, 0.1) is 0 Å². The van der Waals surface area contributed by atoms with Gasteiger partial charge in [-0.3, -0.25) is 4.31 Å². The summed E-state index contributed by atoms with van der Waals surface area (Å²) in [5.74, 6) is 0.0178. The molecule has 120 valence electrons. The number of rotatable bonds is 4. The zero-order chi connectivity index (χ0) is 16.4. The molecule has 0 atom stereocenters. The van der Waals surface area contributed by atoms with Crippen LogP contribution >= 0.6 is 0 Å². The molecule has 0 aromatic heterocycles. The van der Waals surface area contributed by atoms with E-state index in [-0.39, 0.29) is 17.2 Å². The number of fused-ring (bicyclic) bond motifs is 1. The number of halogens is 2. The van der Waals surface area contributed by atoms with E-state index in [1.165, 1.54) is 36.7 Å². The van der Waals surface area contributed by atoms with E-state index in [1.807, 2.05) is 0 Å². The van der Waals surface area contributed by atoms with E-state index in [4.69, 9.17) is 0 Å². The van der Waals surface area contributed by atoms with E-state index in [0.29, 0.717) is 11.3 Å². The number of sulfonamides is 1. The summed E-state index contributed by atoms with van der Waals surface area (Å²) < 4.78 is 54.6. The first kappa shape index (κ1) is 15.4. The first-order valence-corrected chi connectivity index (χ1v) is 8.09. The van der Waals surface area contributed by atoms with Crippen molar-refractivity contribution in [1.29, 1.82) is 0 Å². The van der Waals surface area contributed by atoms with Gasteiger partial charge < -0.3 is 4.74 Å². The van der Waals surface area contributed by atoms with E-state index in [1.54, 1.807) is 18.2 Å². The molecule has 0 aliphatic carbocycles. The predicted octanol–water partition coefficient (Wildman–Crippen LogP) is 3.15. The molecule has 0 saturated heterocycles. The van der Waals surface area contributed by atoms with Gasteiger partial charge in [-0.1, -0.05) is 24.3 Å². The van der Waals surface area contributed by atoms with E-state index in [2.05, 4.69) is 9.73 Å². The van der Waals surface area contributed by atoms with Gasteiger partial charge in [-0.05, 0) is 29.8 Å². The van der Waals surface area contributed by atoms with Gasteiger partial charge >= 0.3 is 6.61 Å². The lowest BCUT2D eigenvalue weighted by Crippen LogP contribution is -2.31. The van der Waals surface area contributed by atoms with Gasteiger partial charge in [-0.15, -0.1) is 0 Å². The second-order valence-electron chi connectivity index (χ2n) is 4.79. The van der Waals surface area contributed by atoms with Crippen molar-refractivity contribution in [3.8, 4) is 5.75 Å². The maximum Gasteiger partial charge on any atom is 0.387 e. The summed E-state index contributed by atoms with van der Waals surface area (Å²) in [5, 5.41) is 0. The Balaban J connectivity index is 1.82. The zero-order valence-corrected chi connectivity index (χ0v) is 12.6. The van der Waals surface area contributed by atoms with Crippen molar-refractivity contribution in [2.24, 2.45) is 4.99 Å². The molecule has 0 N–H and O–H groups in total. The molecule has 3 rings (SSSR count). The number of aliphatic imine (C=N–C) groups is 1. The maximum absolute atomic E-state index is 12.5. The summed E-state index contributed by atoms with van der Waals surface area (Å²) >= 11 is 0. The van der Waals surface area contributed by atoms with Gasteiger partial charge in [0, 0.05) is 0 Å². The minimum Gasteiger partial charge on any atom is -0.435 e. The van der Waals surface area contributed by atoms with E-state index >= 15 is 0 Å². The summed E-state index contributed by atoms with van der Waals surface area (Å²) in [6.45, 7) is -2.85. The average molecular weight is 338 g/mol. The quantitative estimate of drug-likeness (QED) is 0.860. The molecule has 0 fully saturated rings. The van der Waals surface area contributed by atoms with Crippen LogP contribution in [0.1, 0.15) is 5.56 Å². The largest absolute Gasteiger partial charge is 0.435 e. The molecule has 8 heteroatoms. The molecule has 5 nitrogen and oxygen atoms in total. The van der Waals surface area contributed by atoms with Gasteiger partial charge in [0.15, 0.2) is 0 Å². The van der Waals surface area contributed by atoms with Crippen LogP contribution in [0.2, 0.25) is 0 Å². The van der Waals surface area contributed by atoms with Gasteiger partial charge in [0.2, 0.25) is 0 Å². The molecule has 2 aromatic rings. The zero-order valence-electron chi connectivity index (χ0n) is 11.8. The number of alkyl halides is 2. The maximum atomic E-state index is 12.5. The lowest BCUT2D eigenvalue weighted by molar-refractivity contribution is -0.0498. The molecule has 0 saturated carbocycles. The molecule has 23 heavy (non-hydrogen) atoms. The third-order valence-corrected chi connectivity index (χ3v) is 5.01. The van der Waals surface area contributed by atoms with E-state index in [9.17, 15) is 17.2 Å². The molecule has 1 heterocycles. The lowest BCUT2D eigenvalue weighted by Gasteiger charge is -2.24. The monoisotopic (exact) mass is 338 g/mol. The van der Waals surface area contributed by atoms with Crippen molar-refractivity contribution < 1.29 is 21.9 Å². The molecular weight excluding hydrogens is 326 g/mol. The Labute approximate surface area is 131 Å². The summed E-state index contributed by atoms with van der Waals surface area (Å²) in [6, 6.07) is 12.2. The highest BCUT2D eigenvalue weighted by Crippen LogP contribution is 2.30. The molecular formula is C15H12F2N2O3S. The Morgan fingerprint density at radius 3 is 2.48 bits per heavy atom. The fourth-order valence-corrected chi connectivity index (χ4v) is 3.56. The second-order valence-corrected chi connectivity index (χ2v) is 6.64. The van der Waals surface area contributed by atoms with Crippen LogP contribution in [-0.2, 0) is 16.6 Å². The molecule has 0 radical (unpaired) electrons. The SMILES string of the molecule is O=S1(=O)c2ccccc2N=CN1Cc1ccc(OC(F)F)cc1. The molecule has 2 aromatic carbocycles. The second kappa shape index (κ2) is 5.96. The Bertz CT molecular complexity index is 836. The number of hydrogen-bond acceptors (Lipinski definition) is 4. The number of para-hydroxylation sites is 1. The summed E-state index contributed by atoms with van der Waals surface area (Å²) in [5.41, 5.74) is 1.02. The number of benzene rings is 2. The molecule has 0 bridgehead atoms. The normalized spacial score (nSPS) is 15.5. The van der Waals surface area contributed by atoms with Gasteiger partial charge in [0.1, 0.15) is 17.0 Å². The summed E-state index contributed by atoms with van der Waals surface area (Å²) in [6.07, 6.45) is 1.25. The van der Waals surface area contributed by atoms with Crippen molar-refractivity contribution in [3.05, 3.63) is 54.1 Å². The van der Waals surface area contributed by atoms with Crippen LogP contribution in [0.5, 0.6) is 5.75 Å². The fourth-order valence-electron chi connectivity index (χ4n) is 2.18. The van der Waals surface area contributed by atoms with Gasteiger partial charge in [-0.25, -0.2) is 13.4 Å². The van der Waals surface area contributed by atoms with Crippen molar-refractivity contribution in [2.75, 3.05) is 0 Å². The Morgan fingerprint density at radius 1 is 1.09 bits per heavy atom. The predicted molar refractivity (Wildman–Crippen MR) is 80.4 cm³/mol. The lowest BCUT2D eigenvalue weighted by atomic mass is 10.2. The van der Waals surface area contributed by atoms with Crippen LogP contribution in [0.4, 0.5) is 14.5 Å². The summed E-state index contributed by atoms with van der Waals surface area (Å²) in [4.78, 5) is 4.26. The molecule has 1 aliphatic rings. The molecule has 0 spiro atoms. The van der Waals surface area contributed by atoms with E-state index in [0.717, 1.165) is 4.31 Å². The first-order valence-electron chi connectivity index (χ1n) is 6.65. The van der Waals surface area contributed by atoms with Gasteiger partial charge in [-0.2, -0.15) is 8.78 Å². The number of hydrogen-bond donors (Lipinski definition) is 0. The van der Waals surface area contributed by atoms with Crippen LogP contribution in [0.25, 0.3) is 0 Å². The van der Waals surface area contributed by atoms with Crippen LogP contribution in [-0.4, -0.2) is 25.7 Å². The number of nitrogens with zero attached hydrogens (tertiary/aromatic N) is 2. The first-order chi connectivity index (χ1) is 11.0. The fraction of sp³-hybridized carbons (Fsp3) is 0.133. The average Bonchev–Trinajstić information content (AvgIpc) is 2.52. The third-order valence-electron chi connectivity index (χ3n) is 3.26. The Kier molecular flexibility index (Phi) is 3.99. The minimum atomic E-state index is -3.68. The topological polar surface area (TPSA) is 59.0 Å².